The molecular formula is C15H18ClN3O2. The molecule has 1 aromatic carbocycles. The zero-order chi connectivity index (χ0) is 15.4. The van der Waals surface area contributed by atoms with E-state index < -0.39 is 11.9 Å². The standard InChI is InChI=1S/C15H18ClN3O2/c1-2-12(15(17)21)18-14(20)6-8-19-7-5-10-9-11(16)3-4-13(10)19/h3-5,7,9,12H,2,6,8H2,1H3,(H2,17,21)(H,18,20). The molecule has 0 aliphatic carbocycles. The summed E-state index contributed by atoms with van der Waals surface area (Å²) in [5, 5.41) is 4.36. The second-order valence-electron chi connectivity index (χ2n) is 4.89. The lowest BCUT2D eigenvalue weighted by molar-refractivity contribution is -0.127. The van der Waals surface area contributed by atoms with Crippen LogP contribution in [-0.2, 0) is 16.1 Å². The Kier molecular flexibility index (Phi) is 4.85. The molecule has 0 bridgehead atoms. The first-order valence-electron chi connectivity index (χ1n) is 6.84. The van der Waals surface area contributed by atoms with E-state index in [2.05, 4.69) is 5.32 Å². The fourth-order valence-corrected chi connectivity index (χ4v) is 2.41. The number of aromatic nitrogens is 1. The topological polar surface area (TPSA) is 77.1 Å². The van der Waals surface area contributed by atoms with Crippen molar-refractivity contribution in [1.29, 1.82) is 0 Å². The van der Waals surface area contributed by atoms with Crippen molar-refractivity contribution in [2.75, 3.05) is 0 Å². The Balaban J connectivity index is 1.98. The number of carbonyl (C=O) groups is 2. The number of carbonyl (C=O) groups excluding carboxylic acids is 2. The van der Waals surface area contributed by atoms with Crippen LogP contribution >= 0.6 is 11.6 Å². The minimum atomic E-state index is -0.599. The average molecular weight is 308 g/mol. The molecule has 0 spiro atoms. The van der Waals surface area contributed by atoms with Crippen LogP contribution in [-0.4, -0.2) is 22.4 Å². The summed E-state index contributed by atoms with van der Waals surface area (Å²) in [5.74, 6) is -0.691. The van der Waals surface area contributed by atoms with Crippen LogP contribution in [0.4, 0.5) is 0 Å². The molecule has 0 aliphatic rings. The summed E-state index contributed by atoms with van der Waals surface area (Å²) in [6.07, 6.45) is 2.70. The minimum Gasteiger partial charge on any atom is -0.368 e. The molecular weight excluding hydrogens is 290 g/mol. The van der Waals surface area contributed by atoms with Gasteiger partial charge in [-0.3, -0.25) is 9.59 Å². The molecule has 0 aliphatic heterocycles. The number of halogens is 1. The lowest BCUT2D eigenvalue weighted by Gasteiger charge is -2.13. The maximum atomic E-state index is 11.8. The van der Waals surface area contributed by atoms with Crippen molar-refractivity contribution >= 4 is 34.3 Å². The predicted octanol–water partition coefficient (Wildman–Crippen LogP) is 2.06. The summed E-state index contributed by atoms with van der Waals surface area (Å²) in [4.78, 5) is 22.9. The van der Waals surface area contributed by atoms with E-state index >= 15 is 0 Å². The van der Waals surface area contributed by atoms with Crippen LogP contribution < -0.4 is 11.1 Å². The summed E-state index contributed by atoms with van der Waals surface area (Å²) in [6.45, 7) is 2.34. The number of hydrogen-bond donors (Lipinski definition) is 2. The quantitative estimate of drug-likeness (QED) is 0.857. The van der Waals surface area contributed by atoms with E-state index in [0.717, 1.165) is 10.9 Å². The molecule has 1 aromatic heterocycles. The number of rotatable bonds is 6. The molecule has 0 saturated heterocycles. The summed E-state index contributed by atoms with van der Waals surface area (Å²) >= 11 is 5.94. The summed E-state index contributed by atoms with van der Waals surface area (Å²) < 4.78 is 1.98. The molecule has 6 heteroatoms. The Hall–Kier alpha value is -2.01. The molecule has 1 heterocycles. The normalized spacial score (nSPS) is 12.3. The number of nitrogens with two attached hydrogens (primary N) is 1. The first-order chi connectivity index (χ1) is 10.0. The Bertz CT molecular complexity index is 666. The number of hydrogen-bond acceptors (Lipinski definition) is 2. The van der Waals surface area contributed by atoms with Crippen molar-refractivity contribution in [1.82, 2.24) is 9.88 Å². The van der Waals surface area contributed by atoms with E-state index in [0.29, 0.717) is 18.0 Å². The van der Waals surface area contributed by atoms with Gasteiger partial charge in [-0.15, -0.1) is 0 Å². The first-order valence-corrected chi connectivity index (χ1v) is 7.22. The molecule has 2 amide bonds. The highest BCUT2D eigenvalue weighted by Crippen LogP contribution is 2.20. The molecule has 1 unspecified atom stereocenters. The van der Waals surface area contributed by atoms with E-state index in [1.807, 2.05) is 35.0 Å². The Labute approximate surface area is 128 Å². The fraction of sp³-hybridized carbons (Fsp3) is 0.333. The second-order valence-corrected chi connectivity index (χ2v) is 5.33. The third-order valence-corrected chi connectivity index (χ3v) is 3.63. The lowest BCUT2D eigenvalue weighted by atomic mass is 10.2. The molecule has 0 saturated carbocycles. The molecule has 3 N–H and O–H groups in total. The molecule has 112 valence electrons. The van der Waals surface area contributed by atoms with Gasteiger partial charge in [0.15, 0.2) is 0 Å². The summed E-state index contributed by atoms with van der Waals surface area (Å²) in [6, 6.07) is 6.98. The van der Waals surface area contributed by atoms with Gasteiger partial charge in [-0.25, -0.2) is 0 Å². The van der Waals surface area contributed by atoms with Gasteiger partial charge in [0.05, 0.1) is 0 Å². The van der Waals surface area contributed by atoms with Crippen LogP contribution in [0.15, 0.2) is 30.5 Å². The molecule has 5 nitrogen and oxygen atoms in total. The fourth-order valence-electron chi connectivity index (χ4n) is 2.23. The van der Waals surface area contributed by atoms with E-state index in [9.17, 15) is 9.59 Å². The highest BCUT2D eigenvalue weighted by atomic mass is 35.5. The van der Waals surface area contributed by atoms with E-state index in [-0.39, 0.29) is 12.3 Å². The van der Waals surface area contributed by atoms with Crippen molar-refractivity contribution in [3.63, 3.8) is 0 Å². The minimum absolute atomic E-state index is 0.184. The largest absolute Gasteiger partial charge is 0.368 e. The number of nitrogens with one attached hydrogen (secondary N) is 1. The van der Waals surface area contributed by atoms with Gasteiger partial charge >= 0.3 is 0 Å². The van der Waals surface area contributed by atoms with Gasteiger partial charge in [0, 0.05) is 35.1 Å². The number of nitrogens with zero attached hydrogens (tertiary/aromatic N) is 1. The monoisotopic (exact) mass is 307 g/mol. The van der Waals surface area contributed by atoms with Crippen molar-refractivity contribution < 1.29 is 9.59 Å². The van der Waals surface area contributed by atoms with Gasteiger partial charge in [-0.2, -0.15) is 0 Å². The van der Waals surface area contributed by atoms with Crippen LogP contribution in [0.2, 0.25) is 5.02 Å². The van der Waals surface area contributed by atoms with Crippen molar-refractivity contribution in [3.05, 3.63) is 35.5 Å². The van der Waals surface area contributed by atoms with Gasteiger partial charge in [-0.1, -0.05) is 18.5 Å². The maximum Gasteiger partial charge on any atom is 0.239 e. The van der Waals surface area contributed by atoms with E-state index in [1.54, 1.807) is 6.92 Å². The van der Waals surface area contributed by atoms with Gasteiger partial charge < -0.3 is 15.6 Å². The Morgan fingerprint density at radius 3 is 2.81 bits per heavy atom. The SMILES string of the molecule is CCC(NC(=O)CCn1ccc2cc(Cl)ccc21)C(N)=O. The maximum absolute atomic E-state index is 11.8. The molecule has 1 atom stereocenters. The van der Waals surface area contributed by atoms with Gasteiger partial charge in [0.2, 0.25) is 11.8 Å². The number of aryl methyl sites for hydroxylation is 1. The molecule has 0 fully saturated rings. The number of benzene rings is 1. The van der Waals surface area contributed by atoms with Gasteiger partial charge in [0.25, 0.3) is 0 Å². The highest BCUT2D eigenvalue weighted by molar-refractivity contribution is 6.31. The molecule has 2 rings (SSSR count). The smallest absolute Gasteiger partial charge is 0.239 e. The van der Waals surface area contributed by atoms with Crippen LogP contribution in [0.5, 0.6) is 0 Å². The average Bonchev–Trinajstić information content (AvgIpc) is 2.84. The molecule has 21 heavy (non-hydrogen) atoms. The van der Waals surface area contributed by atoms with Crippen LogP contribution in [0.3, 0.4) is 0 Å². The number of fused-ring (bicyclic) bond motifs is 1. The molecule has 2 aromatic rings. The van der Waals surface area contributed by atoms with Gasteiger partial charge in [-0.05, 0) is 30.7 Å². The third kappa shape index (κ3) is 3.76. The van der Waals surface area contributed by atoms with Crippen LogP contribution in [0.25, 0.3) is 10.9 Å². The number of amides is 2. The number of primary amides is 1. The zero-order valence-corrected chi connectivity index (χ0v) is 12.6. The molecule has 0 radical (unpaired) electrons. The van der Waals surface area contributed by atoms with Crippen molar-refractivity contribution in [3.8, 4) is 0 Å². The highest BCUT2D eigenvalue weighted by Gasteiger charge is 2.15. The van der Waals surface area contributed by atoms with Crippen LogP contribution in [0.1, 0.15) is 19.8 Å². The Morgan fingerprint density at radius 2 is 2.14 bits per heavy atom. The lowest BCUT2D eigenvalue weighted by Crippen LogP contribution is -2.44. The van der Waals surface area contributed by atoms with E-state index in [1.165, 1.54) is 0 Å². The van der Waals surface area contributed by atoms with Gasteiger partial charge in [0.1, 0.15) is 6.04 Å². The first kappa shape index (κ1) is 15.4. The Morgan fingerprint density at radius 1 is 1.38 bits per heavy atom. The van der Waals surface area contributed by atoms with Crippen LogP contribution in [0, 0.1) is 0 Å². The zero-order valence-electron chi connectivity index (χ0n) is 11.8. The third-order valence-electron chi connectivity index (χ3n) is 3.40. The van der Waals surface area contributed by atoms with Crippen molar-refractivity contribution in [2.24, 2.45) is 5.73 Å². The predicted molar refractivity (Wildman–Crippen MR) is 83.0 cm³/mol. The second kappa shape index (κ2) is 6.63. The summed E-state index contributed by atoms with van der Waals surface area (Å²) in [7, 11) is 0. The summed E-state index contributed by atoms with van der Waals surface area (Å²) in [5.41, 5.74) is 6.23. The van der Waals surface area contributed by atoms with E-state index in [4.69, 9.17) is 17.3 Å². The van der Waals surface area contributed by atoms with Crippen molar-refractivity contribution in [2.45, 2.75) is 32.4 Å².